The monoisotopic (exact) mass is 293 g/mol. The maximum Gasteiger partial charge on any atom is 0.265 e. The largest absolute Gasteiger partial charge is 0.384 e. The van der Waals surface area contributed by atoms with E-state index in [4.69, 9.17) is 5.11 Å². The van der Waals surface area contributed by atoms with E-state index in [0.717, 1.165) is 31.4 Å². The minimum atomic E-state index is -0.186. The number of amides is 1. The topological polar surface area (TPSA) is 40.5 Å². The minimum Gasteiger partial charge on any atom is -0.384 e. The van der Waals surface area contributed by atoms with Gasteiger partial charge < -0.3 is 10.0 Å². The highest BCUT2D eigenvalue weighted by molar-refractivity contribution is 7.12. The molecule has 4 heteroatoms. The molecule has 1 unspecified atom stereocenters. The molecule has 1 atom stereocenters. The molecule has 0 aliphatic rings. The molecule has 0 spiro atoms. The first-order valence-corrected chi connectivity index (χ1v) is 8.01. The van der Waals surface area contributed by atoms with Gasteiger partial charge in [0.15, 0.2) is 0 Å². The smallest absolute Gasteiger partial charge is 0.265 e. The summed E-state index contributed by atoms with van der Waals surface area (Å²) in [7, 11) is 0. The zero-order chi connectivity index (χ0) is 15.0. The van der Waals surface area contributed by atoms with Crippen molar-refractivity contribution in [2.24, 2.45) is 0 Å². The van der Waals surface area contributed by atoms with Crippen LogP contribution in [-0.4, -0.2) is 35.1 Å². The van der Waals surface area contributed by atoms with Gasteiger partial charge in [0, 0.05) is 18.2 Å². The molecule has 20 heavy (non-hydrogen) atoms. The average Bonchev–Trinajstić information content (AvgIpc) is 2.93. The van der Waals surface area contributed by atoms with Crippen LogP contribution in [0.1, 0.15) is 55.3 Å². The fraction of sp³-hybridized carbons (Fsp3) is 0.562. The number of rotatable bonds is 6. The Labute approximate surface area is 125 Å². The normalized spacial score (nSPS) is 11.6. The molecule has 1 rings (SSSR count). The summed E-state index contributed by atoms with van der Waals surface area (Å²) < 4.78 is 0. The van der Waals surface area contributed by atoms with Crippen LogP contribution in [0.25, 0.3) is 0 Å². The van der Waals surface area contributed by atoms with Gasteiger partial charge in [0.2, 0.25) is 0 Å². The van der Waals surface area contributed by atoms with Crippen molar-refractivity contribution in [1.82, 2.24) is 4.90 Å². The SMILES string of the molecule is CCCCN(C(=O)c1sccc1C#CCO)C(C)CC. The number of thiophene rings is 1. The maximum absolute atomic E-state index is 12.7. The Morgan fingerprint density at radius 1 is 1.50 bits per heavy atom. The lowest BCUT2D eigenvalue weighted by molar-refractivity contribution is 0.0690. The van der Waals surface area contributed by atoms with Crippen molar-refractivity contribution in [3.63, 3.8) is 0 Å². The molecule has 110 valence electrons. The highest BCUT2D eigenvalue weighted by Gasteiger charge is 2.22. The average molecular weight is 293 g/mol. The highest BCUT2D eigenvalue weighted by atomic mass is 32.1. The van der Waals surface area contributed by atoms with Gasteiger partial charge in [-0.15, -0.1) is 11.3 Å². The van der Waals surface area contributed by atoms with E-state index in [2.05, 4.69) is 32.6 Å². The summed E-state index contributed by atoms with van der Waals surface area (Å²) in [4.78, 5) is 15.3. The molecule has 0 saturated heterocycles. The van der Waals surface area contributed by atoms with E-state index in [1.807, 2.05) is 16.3 Å². The summed E-state index contributed by atoms with van der Waals surface area (Å²) in [5.41, 5.74) is 0.721. The quantitative estimate of drug-likeness (QED) is 0.819. The third kappa shape index (κ3) is 4.36. The molecule has 0 bridgehead atoms. The van der Waals surface area contributed by atoms with Crippen LogP contribution in [0.3, 0.4) is 0 Å². The predicted molar refractivity (Wildman–Crippen MR) is 84.0 cm³/mol. The summed E-state index contributed by atoms with van der Waals surface area (Å²) in [5, 5.41) is 10.7. The van der Waals surface area contributed by atoms with Crippen LogP contribution in [0.15, 0.2) is 11.4 Å². The zero-order valence-electron chi connectivity index (χ0n) is 12.5. The molecule has 1 heterocycles. The molecule has 0 saturated carbocycles. The standard InChI is InChI=1S/C16H23NO2S/c1-4-6-10-17(13(3)5-2)16(19)15-14(8-7-11-18)9-12-20-15/h9,12-13,18H,4-6,10-11H2,1-3H3. The molecule has 0 fully saturated rings. The number of unbranched alkanes of at least 4 members (excludes halogenated alkanes) is 1. The van der Waals surface area contributed by atoms with Crippen molar-refractivity contribution < 1.29 is 9.90 Å². The third-order valence-corrected chi connectivity index (χ3v) is 4.20. The number of aliphatic hydroxyl groups is 1. The van der Waals surface area contributed by atoms with E-state index >= 15 is 0 Å². The van der Waals surface area contributed by atoms with Gasteiger partial charge in [-0.2, -0.15) is 0 Å². The second-order valence-corrected chi connectivity index (χ2v) is 5.65. The van der Waals surface area contributed by atoms with E-state index in [1.165, 1.54) is 11.3 Å². The number of hydrogen-bond acceptors (Lipinski definition) is 3. The predicted octanol–water partition coefficient (Wildman–Crippen LogP) is 3.13. The summed E-state index contributed by atoms with van der Waals surface area (Å²) in [6, 6.07) is 2.07. The molecule has 1 aromatic rings. The molecule has 0 aliphatic carbocycles. The Bertz CT molecular complexity index is 484. The Morgan fingerprint density at radius 3 is 2.85 bits per heavy atom. The lowest BCUT2D eigenvalue weighted by atomic mass is 10.1. The maximum atomic E-state index is 12.7. The van der Waals surface area contributed by atoms with Crippen LogP contribution in [0.5, 0.6) is 0 Å². The van der Waals surface area contributed by atoms with Gasteiger partial charge in [0.05, 0.1) is 0 Å². The van der Waals surface area contributed by atoms with E-state index in [1.54, 1.807) is 0 Å². The first-order chi connectivity index (χ1) is 9.65. The minimum absolute atomic E-state index is 0.0602. The number of nitrogens with zero attached hydrogens (tertiary/aromatic N) is 1. The van der Waals surface area contributed by atoms with E-state index in [-0.39, 0.29) is 18.6 Å². The summed E-state index contributed by atoms with van der Waals surface area (Å²) in [6.07, 6.45) is 3.03. The van der Waals surface area contributed by atoms with Crippen molar-refractivity contribution in [2.45, 2.75) is 46.1 Å². The van der Waals surface area contributed by atoms with Gasteiger partial charge in [-0.05, 0) is 31.2 Å². The molecule has 1 N–H and O–H groups in total. The second-order valence-electron chi connectivity index (χ2n) is 4.73. The highest BCUT2D eigenvalue weighted by Crippen LogP contribution is 2.20. The molecule has 0 aromatic carbocycles. The van der Waals surface area contributed by atoms with Gasteiger partial charge in [-0.25, -0.2) is 0 Å². The van der Waals surface area contributed by atoms with Crippen molar-refractivity contribution >= 4 is 17.2 Å². The van der Waals surface area contributed by atoms with Crippen LogP contribution in [0.2, 0.25) is 0 Å². The second kappa shape index (κ2) is 8.78. The summed E-state index contributed by atoms with van der Waals surface area (Å²) in [6.45, 7) is 6.91. The number of carbonyl (C=O) groups is 1. The van der Waals surface area contributed by atoms with Gasteiger partial charge in [-0.1, -0.05) is 32.1 Å². The van der Waals surface area contributed by atoms with Crippen molar-refractivity contribution in [2.75, 3.05) is 13.2 Å². The molecule has 0 aliphatic heterocycles. The van der Waals surface area contributed by atoms with E-state index in [0.29, 0.717) is 4.88 Å². The first-order valence-electron chi connectivity index (χ1n) is 7.13. The Hall–Kier alpha value is -1.31. The van der Waals surface area contributed by atoms with E-state index < -0.39 is 0 Å². The number of hydrogen-bond donors (Lipinski definition) is 1. The number of aliphatic hydroxyl groups excluding tert-OH is 1. The van der Waals surface area contributed by atoms with Gasteiger partial charge >= 0.3 is 0 Å². The molecule has 3 nitrogen and oxygen atoms in total. The third-order valence-electron chi connectivity index (χ3n) is 3.30. The van der Waals surface area contributed by atoms with Gasteiger partial charge in [0.1, 0.15) is 11.5 Å². The molecule has 0 radical (unpaired) electrons. The van der Waals surface area contributed by atoms with Gasteiger partial charge in [0.25, 0.3) is 5.91 Å². The fourth-order valence-electron chi connectivity index (χ4n) is 1.91. The van der Waals surface area contributed by atoms with Crippen molar-refractivity contribution in [3.8, 4) is 11.8 Å². The lowest BCUT2D eigenvalue weighted by Crippen LogP contribution is -2.39. The van der Waals surface area contributed by atoms with Crippen LogP contribution in [-0.2, 0) is 0 Å². The van der Waals surface area contributed by atoms with E-state index in [9.17, 15) is 4.79 Å². The Morgan fingerprint density at radius 2 is 2.25 bits per heavy atom. The summed E-state index contributed by atoms with van der Waals surface area (Å²) >= 11 is 1.42. The molecular formula is C16H23NO2S. The van der Waals surface area contributed by atoms with Crippen LogP contribution < -0.4 is 0 Å². The lowest BCUT2D eigenvalue weighted by Gasteiger charge is -2.28. The van der Waals surface area contributed by atoms with Crippen molar-refractivity contribution in [3.05, 3.63) is 21.9 Å². The van der Waals surface area contributed by atoms with Crippen LogP contribution >= 0.6 is 11.3 Å². The Kier molecular flexibility index (Phi) is 7.35. The van der Waals surface area contributed by atoms with Crippen LogP contribution in [0, 0.1) is 11.8 Å². The Balaban J connectivity index is 2.96. The molecule has 1 aromatic heterocycles. The van der Waals surface area contributed by atoms with Gasteiger partial charge in [-0.3, -0.25) is 4.79 Å². The summed E-state index contributed by atoms with van der Waals surface area (Å²) in [5.74, 6) is 5.53. The fourth-order valence-corrected chi connectivity index (χ4v) is 2.71. The molecule has 1 amide bonds. The van der Waals surface area contributed by atoms with Crippen molar-refractivity contribution in [1.29, 1.82) is 0 Å². The molecular weight excluding hydrogens is 270 g/mol. The first kappa shape index (κ1) is 16.7. The number of carbonyl (C=O) groups excluding carboxylic acids is 1. The van der Waals surface area contributed by atoms with Crippen LogP contribution in [0.4, 0.5) is 0 Å². The zero-order valence-corrected chi connectivity index (χ0v) is 13.3.